The Labute approximate surface area is 118 Å². The van der Waals surface area contributed by atoms with Gasteiger partial charge in [0, 0.05) is 45.2 Å². The van der Waals surface area contributed by atoms with Crippen LogP contribution in [0.4, 0.5) is 5.82 Å². The highest BCUT2D eigenvalue weighted by Crippen LogP contribution is 2.20. The summed E-state index contributed by atoms with van der Waals surface area (Å²) >= 11 is 0. The van der Waals surface area contributed by atoms with Gasteiger partial charge in [-0.1, -0.05) is 0 Å². The van der Waals surface area contributed by atoms with Crippen LogP contribution < -0.4 is 10.6 Å². The van der Waals surface area contributed by atoms with Gasteiger partial charge in [0.05, 0.1) is 5.56 Å². The number of carbonyl (C=O) groups excluding carboxylic acids is 2. The smallest absolute Gasteiger partial charge is 0.250 e. The van der Waals surface area contributed by atoms with Crippen molar-refractivity contribution in [3.8, 4) is 0 Å². The maximum atomic E-state index is 11.7. The lowest BCUT2D eigenvalue weighted by molar-refractivity contribution is -0.127. The maximum absolute atomic E-state index is 11.7. The normalized spacial score (nSPS) is 18.4. The number of amides is 2. The minimum atomic E-state index is -0.480. The number of carbonyl (C=O) groups is 2. The Bertz CT molecular complexity index is 500. The molecule has 2 heterocycles. The predicted molar refractivity (Wildman–Crippen MR) is 76.4 cm³/mol. The van der Waals surface area contributed by atoms with Crippen LogP contribution in [-0.4, -0.2) is 48.4 Å². The van der Waals surface area contributed by atoms with Crippen molar-refractivity contribution in [1.29, 1.82) is 0 Å². The molecule has 2 rings (SSSR count). The quantitative estimate of drug-likeness (QED) is 0.848. The second-order valence-electron chi connectivity index (χ2n) is 5.15. The molecule has 2 N–H and O–H groups in total. The molecule has 1 aliphatic rings. The fourth-order valence-corrected chi connectivity index (χ4v) is 2.52. The van der Waals surface area contributed by atoms with Gasteiger partial charge in [-0.05, 0) is 19.1 Å². The van der Waals surface area contributed by atoms with E-state index in [1.165, 1.54) is 6.20 Å². The largest absolute Gasteiger partial charge is 0.366 e. The van der Waals surface area contributed by atoms with E-state index in [1.54, 1.807) is 12.1 Å². The van der Waals surface area contributed by atoms with Gasteiger partial charge in [0.2, 0.25) is 11.8 Å². The summed E-state index contributed by atoms with van der Waals surface area (Å²) in [6, 6.07) is 3.44. The van der Waals surface area contributed by atoms with Crippen LogP contribution in [0.1, 0.15) is 23.7 Å². The van der Waals surface area contributed by atoms with Crippen molar-refractivity contribution >= 4 is 17.6 Å². The zero-order chi connectivity index (χ0) is 14.7. The Kier molecular flexibility index (Phi) is 4.22. The molecule has 1 aromatic heterocycles. The van der Waals surface area contributed by atoms with E-state index in [4.69, 9.17) is 5.73 Å². The summed E-state index contributed by atoms with van der Waals surface area (Å²) < 4.78 is 0. The minimum Gasteiger partial charge on any atom is -0.366 e. The Morgan fingerprint density at radius 3 is 2.80 bits per heavy atom. The van der Waals surface area contributed by atoms with Gasteiger partial charge < -0.3 is 15.5 Å². The summed E-state index contributed by atoms with van der Waals surface area (Å²) in [4.78, 5) is 30.8. The highest BCUT2D eigenvalue weighted by molar-refractivity contribution is 5.92. The van der Waals surface area contributed by atoms with Gasteiger partial charge in [-0.2, -0.15) is 0 Å². The van der Waals surface area contributed by atoms with Crippen molar-refractivity contribution < 1.29 is 9.59 Å². The molecular weight excluding hydrogens is 256 g/mol. The van der Waals surface area contributed by atoms with Crippen LogP contribution in [0.2, 0.25) is 0 Å². The summed E-state index contributed by atoms with van der Waals surface area (Å²) in [6.07, 6.45) is 2.07. The van der Waals surface area contributed by atoms with Gasteiger partial charge in [-0.25, -0.2) is 4.98 Å². The van der Waals surface area contributed by atoms with Crippen molar-refractivity contribution in [3.05, 3.63) is 23.9 Å². The van der Waals surface area contributed by atoms with Crippen LogP contribution in [0.5, 0.6) is 0 Å². The highest BCUT2D eigenvalue weighted by atomic mass is 16.2. The molecule has 108 valence electrons. The molecule has 1 aromatic rings. The van der Waals surface area contributed by atoms with Crippen molar-refractivity contribution in [2.75, 3.05) is 31.6 Å². The number of primary amides is 1. The first kappa shape index (κ1) is 14.3. The molecule has 2 amide bonds. The number of hydrogen-bond donors (Lipinski definition) is 1. The monoisotopic (exact) mass is 276 g/mol. The van der Waals surface area contributed by atoms with Gasteiger partial charge in [0.1, 0.15) is 5.82 Å². The Morgan fingerprint density at radius 1 is 1.55 bits per heavy atom. The summed E-state index contributed by atoms with van der Waals surface area (Å²) in [5.41, 5.74) is 5.58. The van der Waals surface area contributed by atoms with Gasteiger partial charge >= 0.3 is 0 Å². The standard InChI is InChI=1S/C14H20N4O2/c1-3-18-9-10(6-13(18)19)8-17(2)12-5-4-11(7-16-12)14(15)20/h4-5,7,10H,3,6,8-9H2,1-2H3,(H2,15,20)/t10-/m1/s1. The first-order valence-electron chi connectivity index (χ1n) is 6.76. The Balaban J connectivity index is 1.96. The van der Waals surface area contributed by atoms with E-state index >= 15 is 0 Å². The summed E-state index contributed by atoms with van der Waals surface area (Å²) in [5.74, 6) is 0.845. The average Bonchev–Trinajstić information content (AvgIpc) is 2.78. The molecule has 6 heteroatoms. The Hall–Kier alpha value is -2.11. The van der Waals surface area contributed by atoms with Gasteiger partial charge in [0.15, 0.2) is 0 Å². The average molecular weight is 276 g/mol. The van der Waals surface area contributed by atoms with Crippen LogP contribution in [0, 0.1) is 5.92 Å². The zero-order valence-corrected chi connectivity index (χ0v) is 11.9. The van der Waals surface area contributed by atoms with E-state index in [0.717, 1.165) is 25.5 Å². The summed E-state index contributed by atoms with van der Waals surface area (Å²) in [7, 11) is 1.94. The molecule has 0 saturated carbocycles. The fourth-order valence-electron chi connectivity index (χ4n) is 2.52. The maximum Gasteiger partial charge on any atom is 0.250 e. The van der Waals surface area contributed by atoms with Crippen LogP contribution in [0.3, 0.4) is 0 Å². The molecule has 20 heavy (non-hydrogen) atoms. The van der Waals surface area contributed by atoms with Crippen molar-refractivity contribution in [3.63, 3.8) is 0 Å². The third kappa shape index (κ3) is 3.07. The molecular formula is C14H20N4O2. The van der Waals surface area contributed by atoms with Gasteiger partial charge in [-0.15, -0.1) is 0 Å². The number of aromatic nitrogens is 1. The topological polar surface area (TPSA) is 79.5 Å². The second-order valence-corrected chi connectivity index (χ2v) is 5.15. The lowest BCUT2D eigenvalue weighted by Gasteiger charge is -2.22. The zero-order valence-electron chi connectivity index (χ0n) is 11.9. The third-order valence-corrected chi connectivity index (χ3v) is 3.63. The van der Waals surface area contributed by atoms with Crippen LogP contribution >= 0.6 is 0 Å². The molecule has 0 unspecified atom stereocenters. The lowest BCUT2D eigenvalue weighted by Crippen LogP contribution is -2.29. The first-order chi connectivity index (χ1) is 9.51. The fraction of sp³-hybridized carbons (Fsp3) is 0.500. The van der Waals surface area contributed by atoms with Crippen molar-refractivity contribution in [2.45, 2.75) is 13.3 Å². The number of pyridine rings is 1. The number of nitrogens with two attached hydrogens (primary N) is 1. The molecule has 1 atom stereocenters. The van der Waals surface area contributed by atoms with E-state index in [1.807, 2.05) is 23.8 Å². The first-order valence-corrected chi connectivity index (χ1v) is 6.76. The van der Waals surface area contributed by atoms with E-state index < -0.39 is 5.91 Å². The van der Waals surface area contributed by atoms with E-state index in [9.17, 15) is 9.59 Å². The molecule has 1 saturated heterocycles. The van der Waals surface area contributed by atoms with Gasteiger partial charge in [0.25, 0.3) is 0 Å². The van der Waals surface area contributed by atoms with Crippen molar-refractivity contribution in [1.82, 2.24) is 9.88 Å². The Morgan fingerprint density at radius 2 is 2.30 bits per heavy atom. The third-order valence-electron chi connectivity index (χ3n) is 3.63. The highest BCUT2D eigenvalue weighted by Gasteiger charge is 2.29. The number of rotatable bonds is 5. The summed E-state index contributed by atoms with van der Waals surface area (Å²) in [5, 5.41) is 0. The SMILES string of the molecule is CCN1C[C@@H](CN(C)c2ccc(C(N)=O)cn2)CC1=O. The van der Waals surface area contributed by atoms with Crippen LogP contribution in [-0.2, 0) is 4.79 Å². The molecule has 0 spiro atoms. The molecule has 6 nitrogen and oxygen atoms in total. The molecule has 1 fully saturated rings. The summed E-state index contributed by atoms with van der Waals surface area (Å²) in [6.45, 7) is 4.34. The number of anilines is 1. The van der Waals surface area contributed by atoms with E-state index in [0.29, 0.717) is 17.9 Å². The lowest BCUT2D eigenvalue weighted by atomic mass is 10.1. The van der Waals surface area contributed by atoms with Crippen LogP contribution in [0.15, 0.2) is 18.3 Å². The number of nitrogens with zero attached hydrogens (tertiary/aromatic N) is 3. The minimum absolute atomic E-state index is 0.225. The molecule has 0 bridgehead atoms. The van der Waals surface area contributed by atoms with Gasteiger partial charge in [-0.3, -0.25) is 9.59 Å². The molecule has 0 aromatic carbocycles. The molecule has 0 radical (unpaired) electrons. The van der Waals surface area contributed by atoms with E-state index in [2.05, 4.69) is 4.98 Å². The molecule has 0 aliphatic carbocycles. The van der Waals surface area contributed by atoms with Crippen LogP contribution in [0.25, 0.3) is 0 Å². The predicted octanol–water partition coefficient (Wildman–Crippen LogP) is 0.485. The van der Waals surface area contributed by atoms with E-state index in [-0.39, 0.29) is 5.91 Å². The van der Waals surface area contributed by atoms with Crippen molar-refractivity contribution in [2.24, 2.45) is 11.7 Å². The number of hydrogen-bond acceptors (Lipinski definition) is 4. The second kappa shape index (κ2) is 5.90. The number of likely N-dealkylation sites (tertiary alicyclic amines) is 1. The molecule has 1 aliphatic heterocycles.